The molecule has 0 aromatic heterocycles. The first-order valence-corrected chi connectivity index (χ1v) is 9.51. The normalized spacial score (nSPS) is 27.3. The summed E-state index contributed by atoms with van der Waals surface area (Å²) in [7, 11) is 0. The zero-order chi connectivity index (χ0) is 17.5. The van der Waals surface area contributed by atoms with Crippen molar-refractivity contribution >= 4 is 11.9 Å². The lowest BCUT2D eigenvalue weighted by atomic mass is 9.94. The Morgan fingerprint density at radius 2 is 2.00 bits per heavy atom. The number of hydrogen-bond acceptors (Lipinski definition) is 3. The highest BCUT2D eigenvalue weighted by molar-refractivity contribution is 5.77. The van der Waals surface area contributed by atoms with Crippen molar-refractivity contribution in [3.05, 3.63) is 0 Å². The molecule has 0 aromatic rings. The van der Waals surface area contributed by atoms with Crippen LogP contribution >= 0.6 is 0 Å². The number of nitrogens with two attached hydrogens (primary N) is 1. The van der Waals surface area contributed by atoms with Gasteiger partial charge in [0.1, 0.15) is 0 Å². The number of hydrogen-bond donors (Lipinski definition) is 3. The fraction of sp³-hybridized carbons (Fsp3) is 0.889. The highest BCUT2D eigenvalue weighted by atomic mass is 16.2. The Bertz CT molecular complexity index is 427. The van der Waals surface area contributed by atoms with E-state index in [9.17, 15) is 9.59 Å². The van der Waals surface area contributed by atoms with Crippen molar-refractivity contribution in [2.75, 3.05) is 26.2 Å². The van der Waals surface area contributed by atoms with Gasteiger partial charge in [0.25, 0.3) is 0 Å². The van der Waals surface area contributed by atoms with E-state index >= 15 is 0 Å². The predicted octanol–water partition coefficient (Wildman–Crippen LogP) is 1.70. The van der Waals surface area contributed by atoms with E-state index in [1.807, 2.05) is 4.90 Å². The van der Waals surface area contributed by atoms with Gasteiger partial charge in [0.2, 0.25) is 5.91 Å². The Hall–Kier alpha value is -1.30. The monoisotopic (exact) mass is 338 g/mol. The van der Waals surface area contributed by atoms with Gasteiger partial charge in [0.05, 0.1) is 0 Å². The molecule has 1 saturated heterocycles. The van der Waals surface area contributed by atoms with Gasteiger partial charge in [0, 0.05) is 32.1 Å². The minimum atomic E-state index is 0.00722. The van der Waals surface area contributed by atoms with Gasteiger partial charge in [0.15, 0.2) is 0 Å². The van der Waals surface area contributed by atoms with Crippen molar-refractivity contribution in [3.63, 3.8) is 0 Å². The third kappa shape index (κ3) is 5.65. The third-order valence-electron chi connectivity index (χ3n) is 5.25. The molecule has 2 fully saturated rings. The third-order valence-corrected chi connectivity index (χ3v) is 5.25. The van der Waals surface area contributed by atoms with E-state index in [1.54, 1.807) is 0 Å². The Morgan fingerprint density at radius 1 is 1.21 bits per heavy atom. The van der Waals surface area contributed by atoms with Crippen LogP contribution in [0.1, 0.15) is 52.4 Å². The second-order valence-corrected chi connectivity index (χ2v) is 7.84. The van der Waals surface area contributed by atoms with Gasteiger partial charge in [-0.3, -0.25) is 4.79 Å². The Balaban J connectivity index is 1.75. The van der Waals surface area contributed by atoms with E-state index in [-0.39, 0.29) is 23.9 Å². The molecule has 0 spiro atoms. The lowest BCUT2D eigenvalue weighted by Gasteiger charge is -2.33. The predicted molar refractivity (Wildman–Crippen MR) is 95.5 cm³/mol. The molecule has 6 nitrogen and oxygen atoms in total. The van der Waals surface area contributed by atoms with Gasteiger partial charge in [-0.05, 0) is 50.0 Å². The van der Waals surface area contributed by atoms with Gasteiger partial charge in [-0.2, -0.15) is 0 Å². The summed E-state index contributed by atoms with van der Waals surface area (Å²) in [5.74, 6) is 1.26. The first-order chi connectivity index (χ1) is 11.5. The maximum Gasteiger partial charge on any atom is 0.317 e. The summed E-state index contributed by atoms with van der Waals surface area (Å²) in [4.78, 5) is 26.4. The number of carbonyl (C=O) groups excluding carboxylic acids is 2. The van der Waals surface area contributed by atoms with Crippen LogP contribution in [0.3, 0.4) is 0 Å². The molecule has 24 heavy (non-hydrogen) atoms. The van der Waals surface area contributed by atoms with Gasteiger partial charge in [-0.1, -0.05) is 20.3 Å². The molecule has 0 aromatic carbocycles. The quantitative estimate of drug-likeness (QED) is 0.689. The maximum absolute atomic E-state index is 12.3. The van der Waals surface area contributed by atoms with Crippen LogP contribution in [-0.2, 0) is 4.79 Å². The summed E-state index contributed by atoms with van der Waals surface area (Å²) in [6.45, 7) is 6.99. The molecular weight excluding hydrogens is 304 g/mol. The van der Waals surface area contributed by atoms with Crippen LogP contribution in [0.5, 0.6) is 0 Å². The SMILES string of the molecule is CC(C)CNC(=O)N1CCCC(CC(=O)NC2CCCC2CN)C1. The molecule has 1 saturated carbocycles. The average Bonchev–Trinajstić information content (AvgIpc) is 2.99. The van der Waals surface area contributed by atoms with E-state index in [0.717, 1.165) is 38.6 Å². The van der Waals surface area contributed by atoms with Crippen LogP contribution in [-0.4, -0.2) is 49.1 Å². The molecule has 0 bridgehead atoms. The van der Waals surface area contributed by atoms with Crippen molar-refractivity contribution in [2.45, 2.75) is 58.4 Å². The Labute approximate surface area is 145 Å². The number of likely N-dealkylation sites (tertiary alicyclic amines) is 1. The first-order valence-electron chi connectivity index (χ1n) is 9.51. The molecule has 2 aliphatic rings. The smallest absolute Gasteiger partial charge is 0.317 e. The highest BCUT2D eigenvalue weighted by Crippen LogP contribution is 2.25. The second-order valence-electron chi connectivity index (χ2n) is 7.84. The van der Waals surface area contributed by atoms with Crippen LogP contribution in [0.15, 0.2) is 0 Å². The lowest BCUT2D eigenvalue weighted by molar-refractivity contribution is -0.123. The van der Waals surface area contributed by atoms with Crippen LogP contribution < -0.4 is 16.4 Å². The number of carbonyl (C=O) groups is 2. The van der Waals surface area contributed by atoms with Crippen LogP contribution in [0.25, 0.3) is 0 Å². The molecular formula is C18H34N4O2. The molecule has 1 aliphatic carbocycles. The summed E-state index contributed by atoms with van der Waals surface area (Å²) in [6.07, 6.45) is 5.83. The van der Waals surface area contributed by atoms with E-state index in [2.05, 4.69) is 24.5 Å². The van der Waals surface area contributed by atoms with Crippen molar-refractivity contribution in [1.29, 1.82) is 0 Å². The topological polar surface area (TPSA) is 87.5 Å². The van der Waals surface area contributed by atoms with Crippen LogP contribution in [0.2, 0.25) is 0 Å². The molecule has 3 atom stereocenters. The maximum atomic E-state index is 12.3. The van der Waals surface area contributed by atoms with E-state index in [0.29, 0.717) is 37.9 Å². The van der Waals surface area contributed by atoms with Gasteiger partial charge >= 0.3 is 6.03 Å². The average molecular weight is 338 g/mol. The highest BCUT2D eigenvalue weighted by Gasteiger charge is 2.29. The number of amides is 3. The van der Waals surface area contributed by atoms with Crippen molar-refractivity contribution in [2.24, 2.45) is 23.5 Å². The van der Waals surface area contributed by atoms with Gasteiger partial charge in [-0.15, -0.1) is 0 Å². The molecule has 3 amide bonds. The van der Waals surface area contributed by atoms with Crippen LogP contribution in [0, 0.1) is 17.8 Å². The lowest BCUT2D eigenvalue weighted by Crippen LogP contribution is -2.47. The number of rotatable bonds is 6. The molecule has 4 N–H and O–H groups in total. The van der Waals surface area contributed by atoms with E-state index < -0.39 is 0 Å². The van der Waals surface area contributed by atoms with Crippen molar-refractivity contribution < 1.29 is 9.59 Å². The van der Waals surface area contributed by atoms with Crippen LogP contribution in [0.4, 0.5) is 4.79 Å². The fourth-order valence-corrected chi connectivity index (χ4v) is 3.86. The largest absolute Gasteiger partial charge is 0.353 e. The number of piperidine rings is 1. The molecule has 1 aliphatic heterocycles. The molecule has 2 rings (SSSR count). The summed E-state index contributed by atoms with van der Waals surface area (Å²) >= 11 is 0. The number of nitrogens with one attached hydrogen (secondary N) is 2. The Kier molecular flexibility index (Phi) is 7.34. The van der Waals surface area contributed by atoms with Gasteiger partial charge < -0.3 is 21.3 Å². The molecule has 138 valence electrons. The summed E-state index contributed by atoms with van der Waals surface area (Å²) < 4.78 is 0. The standard InChI is InChI=1S/C18H34N4O2/c1-13(2)11-20-18(24)22-8-4-5-14(12-22)9-17(23)21-16-7-3-6-15(16)10-19/h13-16H,3-12,19H2,1-2H3,(H,20,24)(H,21,23). The molecule has 1 heterocycles. The zero-order valence-corrected chi connectivity index (χ0v) is 15.2. The van der Waals surface area contributed by atoms with Crippen molar-refractivity contribution in [1.82, 2.24) is 15.5 Å². The molecule has 6 heteroatoms. The minimum Gasteiger partial charge on any atom is -0.353 e. The van der Waals surface area contributed by atoms with Gasteiger partial charge in [-0.25, -0.2) is 4.79 Å². The first kappa shape index (κ1) is 19.0. The second kappa shape index (κ2) is 9.25. The summed E-state index contributed by atoms with van der Waals surface area (Å²) in [5.41, 5.74) is 5.78. The Morgan fingerprint density at radius 3 is 2.71 bits per heavy atom. The van der Waals surface area contributed by atoms with E-state index in [1.165, 1.54) is 0 Å². The fourth-order valence-electron chi connectivity index (χ4n) is 3.86. The number of urea groups is 1. The zero-order valence-electron chi connectivity index (χ0n) is 15.2. The molecule has 3 unspecified atom stereocenters. The van der Waals surface area contributed by atoms with Crippen molar-refractivity contribution in [3.8, 4) is 0 Å². The summed E-state index contributed by atoms with van der Waals surface area (Å²) in [5, 5.41) is 6.14. The van der Waals surface area contributed by atoms with E-state index in [4.69, 9.17) is 5.73 Å². The minimum absolute atomic E-state index is 0.00722. The molecule has 0 radical (unpaired) electrons. The summed E-state index contributed by atoms with van der Waals surface area (Å²) in [6, 6.07) is 0.254. The number of nitrogens with zero attached hydrogens (tertiary/aromatic N) is 1.